The molecule has 1 fully saturated rings. The molecule has 1 spiro atoms. The molecule has 3 aromatic rings. The molecule has 10 nitrogen and oxygen atoms in total. The number of hydrogen-bond acceptors (Lipinski definition) is 7. The first-order valence-electron chi connectivity index (χ1n) is 16.7. The summed E-state index contributed by atoms with van der Waals surface area (Å²) in [6, 6.07) is 22.9. The summed E-state index contributed by atoms with van der Waals surface area (Å²) in [4.78, 5) is 44.7. The van der Waals surface area contributed by atoms with E-state index in [-0.39, 0.29) is 49.4 Å². The van der Waals surface area contributed by atoms with Gasteiger partial charge in [-0.1, -0.05) is 73.7 Å². The second-order valence-corrected chi connectivity index (χ2v) is 18.2. The molecule has 5 rings (SSSR count). The van der Waals surface area contributed by atoms with Crippen LogP contribution in [0.1, 0.15) is 31.4 Å². The van der Waals surface area contributed by atoms with Crippen LogP contribution in [-0.4, -0.2) is 79.9 Å². The number of carbonyl (C=O) groups excluding carboxylic acids is 3. The molecule has 2 aliphatic rings. The van der Waals surface area contributed by atoms with Crippen molar-refractivity contribution in [1.29, 1.82) is 0 Å². The van der Waals surface area contributed by atoms with Crippen LogP contribution in [0.3, 0.4) is 0 Å². The molecule has 3 amide bonds. The molecular formula is C38H47N3O7Si. The van der Waals surface area contributed by atoms with Gasteiger partial charge in [0.1, 0.15) is 11.9 Å². The predicted molar refractivity (Wildman–Crippen MR) is 192 cm³/mol. The normalized spacial score (nSPS) is 22.1. The van der Waals surface area contributed by atoms with E-state index < -0.39 is 31.8 Å². The van der Waals surface area contributed by atoms with Gasteiger partial charge in [-0.2, -0.15) is 0 Å². The van der Waals surface area contributed by atoms with Crippen molar-refractivity contribution in [2.45, 2.75) is 63.3 Å². The number of anilines is 2. The summed E-state index contributed by atoms with van der Waals surface area (Å²) < 4.78 is 12.5. The highest BCUT2D eigenvalue weighted by atomic mass is 28.3. The molecule has 0 bridgehead atoms. The Labute approximate surface area is 289 Å². The lowest BCUT2D eigenvalue weighted by Crippen LogP contribution is -2.52. The Morgan fingerprint density at radius 2 is 1.84 bits per heavy atom. The number of rotatable bonds is 13. The lowest BCUT2D eigenvalue weighted by atomic mass is 9.82. The Balaban J connectivity index is 1.61. The third kappa shape index (κ3) is 6.80. The SMILES string of the molecule is C=CCN1C(=O)[C@]2(O[C@H](CC(=O)N(CCO)Cc3ccccc3)[C@@H]([Si](C)(C)c3ccc(OC)cc3)[C@@H]2C)c2cc(NC(=O)[C@H](C)O)ccc21. The lowest BCUT2D eigenvalue weighted by Gasteiger charge is -2.37. The summed E-state index contributed by atoms with van der Waals surface area (Å²) in [5, 5.41) is 23.7. The minimum absolute atomic E-state index is 0.0126. The van der Waals surface area contributed by atoms with Gasteiger partial charge in [0.2, 0.25) is 5.91 Å². The zero-order chi connectivity index (χ0) is 35.5. The maximum absolute atomic E-state index is 14.7. The largest absolute Gasteiger partial charge is 0.497 e. The Kier molecular flexibility index (Phi) is 10.8. The standard InChI is InChI=1S/C38H47N3O7Si/c1-7-19-41-32-18-13-28(39-36(45)26(3)43)22-31(32)38(37(41)46)25(2)35(49(5,6)30-16-14-29(47-4)15-17-30)33(48-38)23-34(44)40(20-21-42)24-27-11-9-8-10-12-27/h7-18,22,25-26,33,35,42-43H,1,19-21,23-24H2,2-6H3,(H,39,45)/t25-,26-,33+,35-,38+/m0/s1. The number of carbonyl (C=O) groups is 3. The predicted octanol–water partition coefficient (Wildman–Crippen LogP) is 4.17. The average Bonchev–Trinajstić information content (AvgIpc) is 3.51. The van der Waals surface area contributed by atoms with Crippen LogP contribution in [0.25, 0.3) is 0 Å². The fourth-order valence-corrected chi connectivity index (χ4v) is 11.7. The molecule has 0 saturated carbocycles. The van der Waals surface area contributed by atoms with Crippen molar-refractivity contribution >= 4 is 42.4 Å². The van der Waals surface area contributed by atoms with Gasteiger partial charge in [0.15, 0.2) is 5.60 Å². The van der Waals surface area contributed by atoms with Crippen LogP contribution >= 0.6 is 0 Å². The highest BCUT2D eigenvalue weighted by molar-refractivity contribution is 6.91. The molecular weight excluding hydrogens is 639 g/mol. The molecule has 260 valence electrons. The molecule has 1 saturated heterocycles. The van der Waals surface area contributed by atoms with E-state index in [1.54, 1.807) is 41.2 Å². The Bertz CT molecular complexity index is 1680. The molecule has 0 aliphatic carbocycles. The minimum Gasteiger partial charge on any atom is -0.497 e. The van der Waals surface area contributed by atoms with Crippen LogP contribution in [0.5, 0.6) is 5.75 Å². The van der Waals surface area contributed by atoms with Gasteiger partial charge in [-0.05, 0) is 48.4 Å². The smallest absolute Gasteiger partial charge is 0.264 e. The minimum atomic E-state index is -2.54. The molecule has 3 N–H and O–H groups in total. The van der Waals surface area contributed by atoms with E-state index >= 15 is 0 Å². The summed E-state index contributed by atoms with van der Waals surface area (Å²) >= 11 is 0. The molecule has 2 heterocycles. The van der Waals surface area contributed by atoms with Crippen LogP contribution in [-0.2, 0) is 31.3 Å². The monoisotopic (exact) mass is 685 g/mol. The van der Waals surface area contributed by atoms with Gasteiger partial charge in [0.05, 0.1) is 40.0 Å². The summed E-state index contributed by atoms with van der Waals surface area (Å²) in [6.45, 7) is 12.3. The molecule has 49 heavy (non-hydrogen) atoms. The second-order valence-electron chi connectivity index (χ2n) is 13.5. The van der Waals surface area contributed by atoms with Crippen LogP contribution in [0.2, 0.25) is 18.6 Å². The van der Waals surface area contributed by atoms with Gasteiger partial charge in [-0.15, -0.1) is 6.58 Å². The van der Waals surface area contributed by atoms with Crippen molar-refractivity contribution in [3.63, 3.8) is 0 Å². The average molecular weight is 686 g/mol. The lowest BCUT2D eigenvalue weighted by molar-refractivity contribution is -0.149. The molecule has 0 unspecified atom stereocenters. The fourth-order valence-electron chi connectivity index (χ4n) is 7.67. The highest BCUT2D eigenvalue weighted by Gasteiger charge is 2.66. The number of aliphatic hydroxyl groups excluding tert-OH is 2. The maximum Gasteiger partial charge on any atom is 0.264 e. The first kappa shape index (κ1) is 36.0. The van der Waals surface area contributed by atoms with Gasteiger partial charge in [-0.25, -0.2) is 0 Å². The first-order valence-corrected chi connectivity index (χ1v) is 19.8. The highest BCUT2D eigenvalue weighted by Crippen LogP contribution is 2.60. The number of ether oxygens (including phenoxy) is 2. The number of fused-ring (bicyclic) bond motifs is 2. The zero-order valence-electron chi connectivity index (χ0n) is 28.9. The van der Waals surface area contributed by atoms with Crippen LogP contribution in [0.15, 0.2) is 85.5 Å². The van der Waals surface area contributed by atoms with E-state index in [9.17, 15) is 24.6 Å². The van der Waals surface area contributed by atoms with Crippen LogP contribution in [0.4, 0.5) is 11.4 Å². The van der Waals surface area contributed by atoms with Gasteiger partial charge >= 0.3 is 0 Å². The molecule has 3 aromatic carbocycles. The van der Waals surface area contributed by atoms with Gasteiger partial charge < -0.3 is 34.8 Å². The molecule has 11 heteroatoms. The summed E-state index contributed by atoms with van der Waals surface area (Å²) in [7, 11) is -0.912. The molecule has 5 atom stereocenters. The van der Waals surface area contributed by atoms with Crippen molar-refractivity contribution in [1.82, 2.24) is 4.90 Å². The number of benzene rings is 3. The number of aliphatic hydroxyl groups is 2. The Morgan fingerprint density at radius 1 is 1.14 bits per heavy atom. The Hall–Kier alpha value is -4.29. The van der Waals surface area contributed by atoms with Crippen molar-refractivity contribution < 1.29 is 34.1 Å². The number of nitrogens with one attached hydrogen (secondary N) is 1. The van der Waals surface area contributed by atoms with Gasteiger partial charge in [0.25, 0.3) is 11.8 Å². The van der Waals surface area contributed by atoms with Crippen LogP contribution in [0, 0.1) is 5.92 Å². The maximum atomic E-state index is 14.7. The number of nitrogens with zero attached hydrogens (tertiary/aromatic N) is 2. The number of hydrogen-bond donors (Lipinski definition) is 3. The van der Waals surface area contributed by atoms with E-state index in [0.29, 0.717) is 23.5 Å². The van der Waals surface area contributed by atoms with E-state index in [1.165, 1.54) is 6.92 Å². The first-order chi connectivity index (χ1) is 23.4. The quantitative estimate of drug-likeness (QED) is 0.182. The third-order valence-corrected chi connectivity index (χ3v) is 14.5. The summed E-state index contributed by atoms with van der Waals surface area (Å²) in [6.07, 6.45) is -0.191. The van der Waals surface area contributed by atoms with Crippen LogP contribution < -0.4 is 20.1 Å². The zero-order valence-corrected chi connectivity index (χ0v) is 29.9. The van der Waals surface area contributed by atoms with Gasteiger partial charge in [-0.3, -0.25) is 14.4 Å². The van der Waals surface area contributed by atoms with E-state index in [0.717, 1.165) is 16.5 Å². The number of amides is 3. The van der Waals surface area contributed by atoms with E-state index in [1.807, 2.05) is 49.4 Å². The van der Waals surface area contributed by atoms with Crippen molar-refractivity contribution in [3.8, 4) is 5.75 Å². The fraction of sp³-hybridized carbons (Fsp3) is 0.395. The third-order valence-electron chi connectivity index (χ3n) is 10.1. The van der Waals surface area contributed by atoms with Crippen molar-refractivity contribution in [2.75, 3.05) is 37.0 Å². The molecule has 0 radical (unpaired) electrons. The second kappa shape index (κ2) is 14.7. The topological polar surface area (TPSA) is 129 Å². The number of methoxy groups -OCH3 is 1. The molecule has 0 aromatic heterocycles. The molecule has 2 aliphatic heterocycles. The van der Waals surface area contributed by atoms with Crippen molar-refractivity contribution in [3.05, 3.63) is 96.6 Å². The van der Waals surface area contributed by atoms with Crippen molar-refractivity contribution in [2.24, 2.45) is 5.92 Å². The van der Waals surface area contributed by atoms with E-state index in [2.05, 4.69) is 37.1 Å². The Morgan fingerprint density at radius 3 is 2.45 bits per heavy atom. The summed E-state index contributed by atoms with van der Waals surface area (Å²) in [5.74, 6) is -0.635. The van der Waals surface area contributed by atoms with E-state index in [4.69, 9.17) is 9.47 Å². The van der Waals surface area contributed by atoms with Gasteiger partial charge in [0, 0.05) is 36.8 Å². The summed E-state index contributed by atoms with van der Waals surface area (Å²) in [5.41, 5.74) is 0.968.